The summed E-state index contributed by atoms with van der Waals surface area (Å²) >= 11 is 0.704. The highest BCUT2D eigenvalue weighted by Crippen LogP contribution is 2.32. The molecule has 0 aromatic heterocycles. The number of thioether (sulfide) groups is 1. The van der Waals surface area contributed by atoms with Gasteiger partial charge in [0, 0.05) is 31.1 Å². The summed E-state index contributed by atoms with van der Waals surface area (Å²) in [6.07, 6.45) is 1.63. The van der Waals surface area contributed by atoms with Gasteiger partial charge in [-0.15, -0.1) is 0 Å². The average molecular weight is 441 g/mol. The third-order valence-corrected chi connectivity index (χ3v) is 7.58. The van der Waals surface area contributed by atoms with Gasteiger partial charge >= 0.3 is 0 Å². The van der Waals surface area contributed by atoms with Gasteiger partial charge in [0.2, 0.25) is 5.91 Å². The van der Waals surface area contributed by atoms with Gasteiger partial charge in [-0.25, -0.2) is 12.8 Å². The van der Waals surface area contributed by atoms with Gasteiger partial charge < -0.3 is 4.90 Å². The summed E-state index contributed by atoms with van der Waals surface area (Å²) in [7, 11) is -3.13. The molecule has 0 spiro atoms. The van der Waals surface area contributed by atoms with E-state index in [1.54, 1.807) is 13.0 Å². The van der Waals surface area contributed by atoms with E-state index < -0.39 is 26.8 Å². The molecule has 156 valence electrons. The number of amides is 3. The van der Waals surface area contributed by atoms with E-state index in [1.807, 2.05) is 0 Å². The molecule has 2 fully saturated rings. The van der Waals surface area contributed by atoms with Gasteiger partial charge in [0.25, 0.3) is 11.1 Å². The van der Waals surface area contributed by atoms with Crippen LogP contribution in [0, 0.1) is 5.82 Å². The largest absolute Gasteiger partial charge is 0.339 e. The van der Waals surface area contributed by atoms with E-state index in [0.717, 1.165) is 4.90 Å². The number of nitrogens with zero attached hydrogens (tertiary/aromatic N) is 2. The van der Waals surface area contributed by atoms with Gasteiger partial charge in [-0.3, -0.25) is 19.3 Å². The van der Waals surface area contributed by atoms with Gasteiger partial charge in [0.15, 0.2) is 9.84 Å². The maximum absolute atomic E-state index is 13.8. The zero-order valence-electron chi connectivity index (χ0n) is 15.8. The van der Waals surface area contributed by atoms with Crippen LogP contribution in [0.15, 0.2) is 29.2 Å². The Labute approximate surface area is 172 Å². The Balaban J connectivity index is 1.64. The number of hydrogen-bond acceptors (Lipinski definition) is 6. The Morgan fingerprint density at radius 1 is 1.34 bits per heavy atom. The number of halogens is 1. The molecule has 0 saturated carbocycles. The predicted octanol–water partition coefficient (Wildman–Crippen LogP) is 2.29. The first kappa shape index (κ1) is 21.5. The summed E-state index contributed by atoms with van der Waals surface area (Å²) < 4.78 is 37.1. The van der Waals surface area contributed by atoms with Crippen LogP contribution in [0.5, 0.6) is 0 Å². The quantitative estimate of drug-likeness (QED) is 0.631. The van der Waals surface area contributed by atoms with Crippen LogP contribution in [0.2, 0.25) is 0 Å². The lowest BCUT2D eigenvalue weighted by Gasteiger charge is -2.27. The van der Waals surface area contributed by atoms with Gasteiger partial charge in [-0.2, -0.15) is 0 Å². The molecule has 2 saturated heterocycles. The van der Waals surface area contributed by atoms with E-state index in [4.69, 9.17) is 0 Å². The summed E-state index contributed by atoms with van der Waals surface area (Å²) in [5.41, 5.74) is 0.202. The predicted molar refractivity (Wildman–Crippen MR) is 108 cm³/mol. The molecule has 29 heavy (non-hydrogen) atoms. The molecule has 2 heterocycles. The van der Waals surface area contributed by atoms with Gasteiger partial charge in [-0.05, 0) is 37.2 Å². The Bertz CT molecular complexity index is 977. The molecule has 0 radical (unpaired) electrons. The third kappa shape index (κ3) is 4.87. The molecule has 10 heteroatoms. The zero-order chi connectivity index (χ0) is 21.2. The van der Waals surface area contributed by atoms with Crippen LogP contribution < -0.4 is 0 Å². The Morgan fingerprint density at radius 3 is 2.69 bits per heavy atom. The number of carbonyl (C=O) groups excluding carboxylic acids is 3. The van der Waals surface area contributed by atoms with Crippen LogP contribution in [-0.4, -0.2) is 65.9 Å². The van der Waals surface area contributed by atoms with Crippen molar-refractivity contribution in [2.75, 3.05) is 24.6 Å². The Morgan fingerprint density at radius 2 is 2.07 bits per heavy atom. The molecular formula is C19H21FN2O5S2. The average Bonchev–Trinajstić information content (AvgIpc) is 3.15. The number of benzene rings is 1. The Kier molecular flexibility index (Phi) is 6.42. The molecule has 1 aromatic carbocycles. The topological polar surface area (TPSA) is 91.8 Å². The molecule has 7 nitrogen and oxygen atoms in total. The maximum Gasteiger partial charge on any atom is 0.293 e. The van der Waals surface area contributed by atoms with Crippen molar-refractivity contribution in [3.05, 3.63) is 40.6 Å². The normalized spacial score (nSPS) is 22.5. The first-order valence-electron chi connectivity index (χ1n) is 9.21. The molecule has 1 aromatic rings. The van der Waals surface area contributed by atoms with Crippen molar-refractivity contribution < 1.29 is 27.2 Å². The fourth-order valence-electron chi connectivity index (χ4n) is 3.44. The van der Waals surface area contributed by atoms with Crippen LogP contribution in [0.25, 0.3) is 6.08 Å². The standard InChI is InChI=1S/C19H21FN2O5S2/c1-2-21(14-8-10-29(26,27)12-14)17(23)7-9-22-18(24)16(28-19(22)25)11-13-5-3-4-6-15(13)20/h3-6,11,14H,2,7-10,12H2,1H3/b16-11-. The van der Waals surface area contributed by atoms with Crippen molar-refractivity contribution in [2.45, 2.75) is 25.8 Å². The van der Waals surface area contributed by atoms with E-state index in [0.29, 0.717) is 24.7 Å². The fraction of sp³-hybridized carbons (Fsp3) is 0.421. The van der Waals surface area contributed by atoms with E-state index in [2.05, 4.69) is 0 Å². The molecule has 1 unspecified atom stereocenters. The molecule has 2 aliphatic rings. The molecule has 3 amide bonds. The zero-order valence-corrected chi connectivity index (χ0v) is 17.5. The minimum atomic E-state index is -3.13. The Hall–Kier alpha value is -2.20. The number of sulfone groups is 1. The fourth-order valence-corrected chi connectivity index (χ4v) is 6.02. The lowest BCUT2D eigenvalue weighted by molar-refractivity contribution is -0.133. The van der Waals surface area contributed by atoms with Crippen molar-refractivity contribution in [1.29, 1.82) is 0 Å². The van der Waals surface area contributed by atoms with E-state index in [-0.39, 0.29) is 46.9 Å². The lowest BCUT2D eigenvalue weighted by atomic mass is 10.2. The molecule has 0 N–H and O–H groups in total. The number of rotatable bonds is 6. The van der Waals surface area contributed by atoms with E-state index in [1.165, 1.54) is 29.2 Å². The smallest absolute Gasteiger partial charge is 0.293 e. The van der Waals surface area contributed by atoms with E-state index in [9.17, 15) is 27.2 Å². The lowest BCUT2D eigenvalue weighted by Crippen LogP contribution is -2.42. The highest BCUT2D eigenvalue weighted by Gasteiger charge is 2.37. The molecule has 3 rings (SSSR count). The van der Waals surface area contributed by atoms with Gasteiger partial charge in [0.1, 0.15) is 5.82 Å². The summed E-state index contributed by atoms with van der Waals surface area (Å²) in [5.74, 6) is -1.36. The second-order valence-corrected chi connectivity index (χ2v) is 10.1. The number of imide groups is 1. The van der Waals surface area contributed by atoms with Crippen LogP contribution in [0.4, 0.5) is 9.18 Å². The van der Waals surface area contributed by atoms with Crippen molar-refractivity contribution in [2.24, 2.45) is 0 Å². The molecular weight excluding hydrogens is 419 g/mol. The minimum Gasteiger partial charge on any atom is -0.339 e. The van der Waals surface area contributed by atoms with Crippen molar-refractivity contribution in [3.63, 3.8) is 0 Å². The third-order valence-electron chi connectivity index (χ3n) is 4.92. The first-order chi connectivity index (χ1) is 13.7. The SMILES string of the molecule is CCN(C(=O)CCN1C(=O)S/C(=C\c2ccccc2F)C1=O)C1CCS(=O)(=O)C1. The summed E-state index contributed by atoms with van der Waals surface area (Å²) in [6, 6.07) is 5.55. The summed E-state index contributed by atoms with van der Waals surface area (Å²) in [4.78, 5) is 39.8. The second-order valence-electron chi connectivity index (χ2n) is 6.84. The van der Waals surface area contributed by atoms with Crippen LogP contribution in [0.3, 0.4) is 0 Å². The highest BCUT2D eigenvalue weighted by atomic mass is 32.2. The van der Waals surface area contributed by atoms with Crippen LogP contribution in [0.1, 0.15) is 25.3 Å². The molecule has 2 aliphatic heterocycles. The minimum absolute atomic E-state index is 0.0560. The van der Waals surface area contributed by atoms with Crippen molar-refractivity contribution in [1.82, 2.24) is 9.80 Å². The second kappa shape index (κ2) is 8.66. The first-order valence-corrected chi connectivity index (χ1v) is 11.9. The van der Waals surface area contributed by atoms with Crippen LogP contribution in [-0.2, 0) is 19.4 Å². The molecule has 1 atom stereocenters. The summed E-state index contributed by atoms with van der Waals surface area (Å²) in [6.45, 7) is 2.02. The molecule has 0 bridgehead atoms. The maximum atomic E-state index is 13.8. The summed E-state index contributed by atoms with van der Waals surface area (Å²) in [5, 5.41) is -0.517. The van der Waals surface area contributed by atoms with E-state index >= 15 is 0 Å². The number of carbonyl (C=O) groups is 3. The van der Waals surface area contributed by atoms with Crippen molar-refractivity contribution >= 4 is 44.7 Å². The van der Waals surface area contributed by atoms with Gasteiger partial charge in [0.05, 0.1) is 16.4 Å². The highest BCUT2D eigenvalue weighted by molar-refractivity contribution is 8.18. The molecule has 0 aliphatic carbocycles. The van der Waals surface area contributed by atoms with Crippen LogP contribution >= 0.6 is 11.8 Å². The van der Waals surface area contributed by atoms with Gasteiger partial charge in [-0.1, -0.05) is 18.2 Å². The van der Waals surface area contributed by atoms with Crippen molar-refractivity contribution in [3.8, 4) is 0 Å². The number of hydrogen-bond donors (Lipinski definition) is 0. The monoisotopic (exact) mass is 440 g/mol.